The maximum atomic E-state index is 12.8. The SMILES string of the molecule is Cc1ccc(/C=N/NC(=O)C(c2ccccc2)c2ccccc2)cc1Br. The summed E-state index contributed by atoms with van der Waals surface area (Å²) in [6.07, 6.45) is 1.65. The van der Waals surface area contributed by atoms with Crippen molar-refractivity contribution in [2.45, 2.75) is 12.8 Å². The van der Waals surface area contributed by atoms with Gasteiger partial charge in [-0.3, -0.25) is 4.79 Å². The molecule has 0 aliphatic carbocycles. The van der Waals surface area contributed by atoms with Crippen LogP contribution >= 0.6 is 15.9 Å². The van der Waals surface area contributed by atoms with Gasteiger partial charge >= 0.3 is 0 Å². The molecule has 0 fully saturated rings. The van der Waals surface area contributed by atoms with Crippen molar-refractivity contribution in [1.29, 1.82) is 0 Å². The van der Waals surface area contributed by atoms with Crippen molar-refractivity contribution in [1.82, 2.24) is 5.43 Å². The van der Waals surface area contributed by atoms with E-state index in [1.54, 1.807) is 6.21 Å². The number of carbonyl (C=O) groups is 1. The van der Waals surface area contributed by atoms with E-state index in [1.165, 1.54) is 0 Å². The maximum absolute atomic E-state index is 12.8. The highest BCUT2D eigenvalue weighted by molar-refractivity contribution is 9.10. The molecule has 3 rings (SSSR count). The second kappa shape index (κ2) is 8.59. The van der Waals surface area contributed by atoms with E-state index in [2.05, 4.69) is 26.5 Å². The van der Waals surface area contributed by atoms with Crippen molar-refractivity contribution < 1.29 is 4.79 Å². The Kier molecular flexibility index (Phi) is 5.97. The Hall–Kier alpha value is -2.72. The predicted octanol–water partition coefficient (Wildman–Crippen LogP) is 5.04. The lowest BCUT2D eigenvalue weighted by molar-refractivity contribution is -0.121. The first kappa shape index (κ1) is 18.1. The van der Waals surface area contributed by atoms with E-state index in [9.17, 15) is 4.79 Å². The van der Waals surface area contributed by atoms with Crippen LogP contribution in [0.3, 0.4) is 0 Å². The third kappa shape index (κ3) is 4.46. The number of rotatable bonds is 5. The van der Waals surface area contributed by atoms with Gasteiger partial charge in [0.2, 0.25) is 0 Å². The van der Waals surface area contributed by atoms with Crippen LogP contribution in [0.15, 0.2) is 88.4 Å². The van der Waals surface area contributed by atoms with Gasteiger partial charge in [-0.2, -0.15) is 5.10 Å². The number of aryl methyl sites for hydroxylation is 1. The fourth-order valence-corrected chi connectivity index (χ4v) is 3.11. The lowest BCUT2D eigenvalue weighted by Crippen LogP contribution is -2.26. The Balaban J connectivity index is 1.80. The zero-order valence-corrected chi connectivity index (χ0v) is 16.0. The lowest BCUT2D eigenvalue weighted by Gasteiger charge is -2.16. The van der Waals surface area contributed by atoms with Crippen molar-refractivity contribution >= 4 is 28.1 Å². The number of nitrogens with zero attached hydrogens (tertiary/aromatic N) is 1. The molecule has 4 heteroatoms. The molecule has 1 N–H and O–H groups in total. The molecular weight excluding hydrogens is 388 g/mol. The second-order valence-electron chi connectivity index (χ2n) is 6.00. The Labute approximate surface area is 161 Å². The minimum Gasteiger partial charge on any atom is -0.272 e. The minimum absolute atomic E-state index is 0.162. The highest BCUT2D eigenvalue weighted by atomic mass is 79.9. The van der Waals surface area contributed by atoms with E-state index >= 15 is 0 Å². The molecule has 3 aromatic rings. The fraction of sp³-hybridized carbons (Fsp3) is 0.0909. The van der Waals surface area contributed by atoms with Crippen LogP contribution in [0.1, 0.15) is 28.2 Å². The molecule has 0 aliphatic rings. The molecule has 1 amide bonds. The van der Waals surface area contributed by atoms with Crippen molar-refractivity contribution in [3.8, 4) is 0 Å². The van der Waals surface area contributed by atoms with E-state index < -0.39 is 5.92 Å². The largest absolute Gasteiger partial charge is 0.272 e. The van der Waals surface area contributed by atoms with Crippen LogP contribution in [-0.2, 0) is 4.79 Å². The molecule has 0 spiro atoms. The lowest BCUT2D eigenvalue weighted by atomic mass is 9.91. The van der Waals surface area contributed by atoms with Gasteiger partial charge < -0.3 is 0 Å². The first-order valence-electron chi connectivity index (χ1n) is 8.34. The fourth-order valence-electron chi connectivity index (χ4n) is 2.71. The van der Waals surface area contributed by atoms with Crippen molar-refractivity contribution in [2.24, 2.45) is 5.10 Å². The normalized spacial score (nSPS) is 11.0. The smallest absolute Gasteiger partial charge is 0.252 e. The monoisotopic (exact) mass is 406 g/mol. The molecule has 26 heavy (non-hydrogen) atoms. The molecule has 0 atom stereocenters. The number of hydrazone groups is 1. The Morgan fingerprint density at radius 1 is 0.962 bits per heavy atom. The van der Waals surface area contributed by atoms with Crippen LogP contribution in [0.25, 0.3) is 0 Å². The third-order valence-corrected chi connectivity index (χ3v) is 4.97. The predicted molar refractivity (Wildman–Crippen MR) is 109 cm³/mol. The summed E-state index contributed by atoms with van der Waals surface area (Å²) in [4.78, 5) is 12.8. The van der Waals surface area contributed by atoms with Gasteiger partial charge in [0.25, 0.3) is 5.91 Å². The highest BCUT2D eigenvalue weighted by Gasteiger charge is 2.22. The average Bonchev–Trinajstić information content (AvgIpc) is 2.67. The van der Waals surface area contributed by atoms with E-state index in [0.29, 0.717) is 0 Å². The van der Waals surface area contributed by atoms with Crippen LogP contribution in [-0.4, -0.2) is 12.1 Å². The number of carbonyl (C=O) groups excluding carboxylic acids is 1. The summed E-state index contributed by atoms with van der Waals surface area (Å²) in [6.45, 7) is 2.02. The van der Waals surface area contributed by atoms with Crippen LogP contribution in [0.2, 0.25) is 0 Å². The molecule has 0 bridgehead atoms. The number of halogens is 1. The number of hydrogen-bond donors (Lipinski definition) is 1. The highest BCUT2D eigenvalue weighted by Crippen LogP contribution is 2.24. The molecule has 0 heterocycles. The molecule has 0 radical (unpaired) electrons. The molecule has 0 aromatic heterocycles. The van der Waals surface area contributed by atoms with Crippen LogP contribution in [0.5, 0.6) is 0 Å². The second-order valence-corrected chi connectivity index (χ2v) is 6.85. The van der Waals surface area contributed by atoms with Crippen molar-refractivity contribution in [2.75, 3.05) is 0 Å². The Bertz CT molecular complexity index is 868. The topological polar surface area (TPSA) is 41.5 Å². The van der Waals surface area contributed by atoms with Crippen molar-refractivity contribution in [3.63, 3.8) is 0 Å². The molecule has 130 valence electrons. The summed E-state index contributed by atoms with van der Waals surface area (Å²) in [5, 5.41) is 4.14. The van der Waals surface area contributed by atoms with E-state index in [0.717, 1.165) is 26.7 Å². The summed E-state index contributed by atoms with van der Waals surface area (Å²) in [6, 6.07) is 25.4. The van der Waals surface area contributed by atoms with E-state index in [1.807, 2.05) is 85.8 Å². The zero-order valence-electron chi connectivity index (χ0n) is 14.4. The molecular formula is C22H19BrN2O. The van der Waals surface area contributed by atoms with Gasteiger partial charge in [-0.15, -0.1) is 0 Å². The van der Waals surface area contributed by atoms with Crippen molar-refractivity contribution in [3.05, 3.63) is 106 Å². The van der Waals surface area contributed by atoms with Gasteiger partial charge in [0.05, 0.1) is 12.1 Å². The minimum atomic E-state index is -0.403. The molecule has 0 aliphatic heterocycles. The van der Waals surface area contributed by atoms with Gasteiger partial charge in [-0.05, 0) is 35.2 Å². The van der Waals surface area contributed by atoms with Gasteiger partial charge in [0.15, 0.2) is 0 Å². The Morgan fingerprint density at radius 3 is 2.08 bits per heavy atom. The summed E-state index contributed by atoms with van der Waals surface area (Å²) in [5.74, 6) is -0.566. The first-order valence-corrected chi connectivity index (χ1v) is 9.13. The zero-order chi connectivity index (χ0) is 18.4. The molecule has 0 saturated carbocycles. The molecule has 3 aromatic carbocycles. The molecule has 0 saturated heterocycles. The van der Waals surface area contributed by atoms with Crippen LogP contribution in [0.4, 0.5) is 0 Å². The molecule has 0 unspecified atom stereocenters. The summed E-state index contributed by atoms with van der Waals surface area (Å²) in [5.41, 5.74) is 6.61. The molecule has 3 nitrogen and oxygen atoms in total. The van der Waals surface area contributed by atoms with Gasteiger partial charge in [-0.1, -0.05) is 88.7 Å². The number of benzene rings is 3. The summed E-state index contributed by atoms with van der Waals surface area (Å²) >= 11 is 3.50. The van der Waals surface area contributed by atoms with E-state index in [-0.39, 0.29) is 5.91 Å². The first-order chi connectivity index (χ1) is 12.6. The quantitative estimate of drug-likeness (QED) is 0.467. The van der Waals surface area contributed by atoms with Crippen LogP contribution < -0.4 is 5.43 Å². The maximum Gasteiger partial charge on any atom is 0.252 e. The van der Waals surface area contributed by atoms with Crippen LogP contribution in [0, 0.1) is 6.92 Å². The van der Waals surface area contributed by atoms with Gasteiger partial charge in [0, 0.05) is 4.47 Å². The number of hydrogen-bond acceptors (Lipinski definition) is 2. The summed E-state index contributed by atoms with van der Waals surface area (Å²) < 4.78 is 1.01. The van der Waals surface area contributed by atoms with Gasteiger partial charge in [0.1, 0.15) is 0 Å². The number of nitrogens with one attached hydrogen (secondary N) is 1. The third-order valence-electron chi connectivity index (χ3n) is 4.11. The standard InChI is InChI=1S/C22H19BrN2O/c1-16-12-13-17(14-20(16)23)15-24-25-22(26)21(18-8-4-2-5-9-18)19-10-6-3-7-11-19/h2-15,21H,1H3,(H,25,26)/b24-15+. The van der Waals surface area contributed by atoms with E-state index in [4.69, 9.17) is 0 Å². The average molecular weight is 407 g/mol. The Morgan fingerprint density at radius 2 is 1.54 bits per heavy atom. The number of amides is 1. The summed E-state index contributed by atoms with van der Waals surface area (Å²) in [7, 11) is 0. The van der Waals surface area contributed by atoms with Gasteiger partial charge in [-0.25, -0.2) is 5.43 Å².